The Bertz CT molecular complexity index is 692. The number of hydrogen-bond acceptors (Lipinski definition) is 9. The van der Waals surface area contributed by atoms with Gasteiger partial charge in [0.25, 0.3) is 0 Å². The lowest BCUT2D eigenvalue weighted by Crippen LogP contribution is -2.53. The third kappa shape index (κ3) is 11.4. The minimum absolute atomic E-state index is 0.166. The van der Waals surface area contributed by atoms with Crippen molar-refractivity contribution in [1.29, 1.82) is 0 Å². The highest BCUT2D eigenvalue weighted by molar-refractivity contribution is 7.80. The molecule has 0 bridgehead atoms. The van der Waals surface area contributed by atoms with Gasteiger partial charge in [-0.25, -0.2) is 9.59 Å². The van der Waals surface area contributed by atoms with Gasteiger partial charge < -0.3 is 37.0 Å². The number of aliphatic carboxylic acids is 3. The van der Waals surface area contributed by atoms with Gasteiger partial charge in [0.05, 0.1) is 0 Å². The smallest absolute Gasteiger partial charge is 0.327 e. The molecule has 8 N–H and O–H groups in total. The van der Waals surface area contributed by atoms with Gasteiger partial charge in [-0.2, -0.15) is 25.3 Å². The molecule has 0 aliphatic rings. The molecule has 0 aromatic heterocycles. The molecule has 4 unspecified atom stereocenters. The summed E-state index contributed by atoms with van der Waals surface area (Å²) in [5, 5.41) is 33.4. The molecule has 3 amide bonds. The molecule has 0 rings (SSSR count). The molecule has 0 aromatic rings. The van der Waals surface area contributed by atoms with Crippen LogP contribution in [0.15, 0.2) is 0 Å². The number of carboxylic acid groups (broad SMARTS) is 3. The maximum atomic E-state index is 12.3. The molecule has 0 radical (unpaired) electrons. The van der Waals surface area contributed by atoms with Crippen molar-refractivity contribution >= 4 is 60.9 Å². The average Bonchev–Trinajstić information content (AvgIpc) is 2.70. The first kappa shape index (κ1) is 28.5. The van der Waals surface area contributed by atoms with Gasteiger partial charge in [0.15, 0.2) is 0 Å². The summed E-state index contributed by atoms with van der Waals surface area (Å²) in [5.74, 6) is -6.67. The van der Waals surface area contributed by atoms with E-state index in [2.05, 4.69) is 41.2 Å². The summed E-state index contributed by atoms with van der Waals surface area (Å²) in [4.78, 5) is 68.9. The van der Waals surface area contributed by atoms with Crippen LogP contribution in [0.5, 0.6) is 0 Å². The zero-order valence-electron chi connectivity index (χ0n) is 16.3. The number of carboxylic acids is 3. The third-order valence-electron chi connectivity index (χ3n) is 3.92. The highest BCUT2D eigenvalue weighted by atomic mass is 32.1. The van der Waals surface area contributed by atoms with E-state index in [0.29, 0.717) is 0 Å². The fourth-order valence-electron chi connectivity index (χ4n) is 2.13. The van der Waals surface area contributed by atoms with E-state index in [4.69, 9.17) is 15.9 Å². The molecule has 0 saturated heterocycles. The van der Waals surface area contributed by atoms with Gasteiger partial charge in [-0.3, -0.25) is 19.2 Å². The molecule has 0 aliphatic carbocycles. The van der Waals surface area contributed by atoms with Crippen LogP contribution in [-0.2, 0) is 28.8 Å². The Kier molecular flexibility index (Phi) is 13.3. The highest BCUT2D eigenvalue weighted by Crippen LogP contribution is 2.02. The SMILES string of the molecule is NC(CCC(=O)NC(CS)C(=O)NC(CCC(=O)NC(CS)C(=O)O)C(=O)O)C(=O)O. The number of amides is 3. The lowest BCUT2D eigenvalue weighted by atomic mass is 10.1. The monoisotopic (exact) mass is 482 g/mol. The summed E-state index contributed by atoms with van der Waals surface area (Å²) in [6, 6.07) is -5.20. The minimum atomic E-state index is -1.49. The molecule has 0 aliphatic heterocycles. The number of carbonyl (C=O) groups is 6. The Labute approximate surface area is 188 Å². The van der Waals surface area contributed by atoms with Crippen molar-refractivity contribution in [3.05, 3.63) is 0 Å². The van der Waals surface area contributed by atoms with Gasteiger partial charge in [-0.15, -0.1) is 0 Å². The molecule has 31 heavy (non-hydrogen) atoms. The van der Waals surface area contributed by atoms with Crippen molar-refractivity contribution in [1.82, 2.24) is 16.0 Å². The van der Waals surface area contributed by atoms with Crippen LogP contribution in [0.4, 0.5) is 0 Å². The lowest BCUT2D eigenvalue weighted by Gasteiger charge is -2.20. The van der Waals surface area contributed by atoms with E-state index in [1.165, 1.54) is 0 Å². The molecular weight excluding hydrogens is 456 g/mol. The van der Waals surface area contributed by atoms with Crippen LogP contribution in [-0.4, -0.2) is 86.6 Å². The van der Waals surface area contributed by atoms with Crippen LogP contribution in [0.25, 0.3) is 0 Å². The Balaban J connectivity index is 4.77. The number of rotatable bonds is 15. The van der Waals surface area contributed by atoms with E-state index in [1.807, 2.05) is 0 Å². The molecule has 15 heteroatoms. The van der Waals surface area contributed by atoms with Crippen LogP contribution in [0.2, 0.25) is 0 Å². The summed E-state index contributed by atoms with van der Waals surface area (Å²) in [6.07, 6.45) is -1.17. The molecule has 0 spiro atoms. The highest BCUT2D eigenvalue weighted by Gasteiger charge is 2.27. The second-order valence-corrected chi connectivity index (χ2v) is 7.10. The summed E-state index contributed by atoms with van der Waals surface area (Å²) in [5.41, 5.74) is 5.29. The molecule has 0 aromatic carbocycles. The minimum Gasteiger partial charge on any atom is -0.480 e. The average molecular weight is 483 g/mol. The zero-order valence-corrected chi connectivity index (χ0v) is 18.1. The third-order valence-corrected chi connectivity index (χ3v) is 4.65. The number of carbonyl (C=O) groups excluding carboxylic acids is 3. The number of nitrogens with two attached hydrogens (primary N) is 1. The second kappa shape index (κ2) is 14.5. The predicted molar refractivity (Wildman–Crippen MR) is 113 cm³/mol. The Morgan fingerprint density at radius 3 is 1.55 bits per heavy atom. The Morgan fingerprint density at radius 1 is 0.677 bits per heavy atom. The molecule has 176 valence electrons. The first-order valence-corrected chi connectivity index (χ1v) is 10.2. The van der Waals surface area contributed by atoms with Crippen molar-refractivity contribution in [2.45, 2.75) is 49.9 Å². The Morgan fingerprint density at radius 2 is 1.13 bits per heavy atom. The normalized spacial score (nSPS) is 14.4. The van der Waals surface area contributed by atoms with Crippen molar-refractivity contribution in [2.75, 3.05) is 11.5 Å². The van der Waals surface area contributed by atoms with E-state index >= 15 is 0 Å². The summed E-state index contributed by atoms with van der Waals surface area (Å²) < 4.78 is 0. The second-order valence-electron chi connectivity index (χ2n) is 6.37. The van der Waals surface area contributed by atoms with Crippen molar-refractivity contribution in [2.24, 2.45) is 5.73 Å². The fourth-order valence-corrected chi connectivity index (χ4v) is 2.63. The van der Waals surface area contributed by atoms with Crippen LogP contribution in [0.1, 0.15) is 25.7 Å². The predicted octanol–water partition coefficient (Wildman–Crippen LogP) is -2.56. The van der Waals surface area contributed by atoms with Crippen molar-refractivity contribution in [3.8, 4) is 0 Å². The number of nitrogens with one attached hydrogen (secondary N) is 3. The molecule has 0 heterocycles. The van der Waals surface area contributed by atoms with Crippen LogP contribution < -0.4 is 21.7 Å². The van der Waals surface area contributed by atoms with Gasteiger partial charge >= 0.3 is 17.9 Å². The molecule has 0 fully saturated rings. The van der Waals surface area contributed by atoms with Crippen LogP contribution in [0, 0.1) is 0 Å². The largest absolute Gasteiger partial charge is 0.480 e. The van der Waals surface area contributed by atoms with E-state index in [-0.39, 0.29) is 37.2 Å². The zero-order chi connectivity index (χ0) is 24.1. The summed E-state index contributed by atoms with van der Waals surface area (Å²) >= 11 is 7.72. The molecule has 4 atom stereocenters. The van der Waals surface area contributed by atoms with Gasteiger partial charge in [-0.1, -0.05) is 0 Å². The molecular formula is C16H26N4O9S2. The summed E-state index contributed by atoms with van der Waals surface area (Å²) in [6.45, 7) is 0. The maximum Gasteiger partial charge on any atom is 0.327 e. The van der Waals surface area contributed by atoms with E-state index in [0.717, 1.165) is 0 Å². The first-order valence-electron chi connectivity index (χ1n) is 8.97. The van der Waals surface area contributed by atoms with Gasteiger partial charge in [0, 0.05) is 24.3 Å². The van der Waals surface area contributed by atoms with Crippen LogP contribution >= 0.6 is 25.3 Å². The first-order chi connectivity index (χ1) is 14.4. The lowest BCUT2D eigenvalue weighted by molar-refractivity contribution is -0.143. The molecule has 13 nitrogen and oxygen atoms in total. The van der Waals surface area contributed by atoms with Crippen molar-refractivity contribution in [3.63, 3.8) is 0 Å². The topological polar surface area (TPSA) is 225 Å². The van der Waals surface area contributed by atoms with E-state index < -0.39 is 59.8 Å². The van der Waals surface area contributed by atoms with Crippen LogP contribution in [0.3, 0.4) is 0 Å². The fraction of sp³-hybridized carbons (Fsp3) is 0.625. The standard InChI is InChI=1S/C16H26N4O9S2/c17-7(14(24)25)1-3-11(21)18-9(5-30)13(23)20-8(15(26)27)2-4-12(22)19-10(6-31)16(28)29/h7-10,30-31H,1-6,17H2,(H,18,21)(H,19,22)(H,20,23)(H,24,25)(H,26,27)(H,28,29). The van der Waals surface area contributed by atoms with Gasteiger partial charge in [-0.05, 0) is 12.8 Å². The maximum absolute atomic E-state index is 12.3. The Hall–Kier alpha value is -2.52. The van der Waals surface area contributed by atoms with Crippen molar-refractivity contribution < 1.29 is 44.1 Å². The van der Waals surface area contributed by atoms with E-state index in [1.54, 1.807) is 0 Å². The summed E-state index contributed by atoms with van der Waals surface area (Å²) in [7, 11) is 0. The van der Waals surface area contributed by atoms with Gasteiger partial charge in [0.2, 0.25) is 17.7 Å². The molecule has 0 saturated carbocycles. The number of thiol groups is 2. The number of hydrogen-bond donors (Lipinski definition) is 9. The van der Waals surface area contributed by atoms with Gasteiger partial charge in [0.1, 0.15) is 24.2 Å². The van der Waals surface area contributed by atoms with E-state index in [9.17, 15) is 33.9 Å². The quantitative estimate of drug-likeness (QED) is 0.111.